The average Bonchev–Trinajstić information content (AvgIpc) is 2.33. The predicted molar refractivity (Wildman–Crippen MR) is 69.9 cm³/mol. The van der Waals surface area contributed by atoms with Crippen molar-refractivity contribution < 1.29 is 0 Å². The van der Waals surface area contributed by atoms with E-state index in [2.05, 4.69) is 30.5 Å². The van der Waals surface area contributed by atoms with Crippen molar-refractivity contribution in [1.29, 1.82) is 0 Å². The fraction of sp³-hybridized carbons (Fsp3) is 0.143. The van der Waals surface area contributed by atoms with Gasteiger partial charge in [0.25, 0.3) is 0 Å². The van der Waals surface area contributed by atoms with Crippen LogP contribution in [0.2, 0.25) is 0 Å². The first-order valence-corrected chi connectivity index (χ1v) is 5.71. The summed E-state index contributed by atoms with van der Waals surface area (Å²) >= 11 is 6.07. The summed E-state index contributed by atoms with van der Waals surface area (Å²) in [5.41, 5.74) is 3.20. The summed E-state index contributed by atoms with van der Waals surface area (Å²) in [7, 11) is 0. The normalized spacial score (nSPS) is 15.9. The van der Waals surface area contributed by atoms with Crippen molar-refractivity contribution in [3.05, 3.63) is 65.4 Å². The second kappa shape index (κ2) is 4.58. The van der Waals surface area contributed by atoms with E-state index in [1.807, 2.05) is 30.4 Å². The SMILES string of the molecule is C=C1C(Cl)=CC=C(c2ccccc2)N1CC. The summed E-state index contributed by atoms with van der Waals surface area (Å²) in [5.74, 6) is 0. The Morgan fingerprint density at radius 2 is 1.88 bits per heavy atom. The van der Waals surface area contributed by atoms with Crippen LogP contribution < -0.4 is 0 Å². The zero-order valence-electron chi connectivity index (χ0n) is 9.28. The highest BCUT2D eigenvalue weighted by Gasteiger charge is 2.17. The number of rotatable bonds is 2. The van der Waals surface area contributed by atoms with Crippen molar-refractivity contribution in [1.82, 2.24) is 4.90 Å². The highest BCUT2D eigenvalue weighted by atomic mass is 35.5. The number of nitrogens with zero attached hydrogens (tertiary/aromatic N) is 1. The maximum absolute atomic E-state index is 6.07. The minimum absolute atomic E-state index is 0.710. The zero-order chi connectivity index (χ0) is 11.5. The summed E-state index contributed by atoms with van der Waals surface area (Å²) in [6.07, 6.45) is 3.94. The molecule has 0 fully saturated rings. The summed E-state index contributed by atoms with van der Waals surface area (Å²) in [6, 6.07) is 10.3. The van der Waals surface area contributed by atoms with E-state index in [1.165, 1.54) is 5.56 Å². The van der Waals surface area contributed by atoms with Crippen molar-refractivity contribution in [2.75, 3.05) is 6.54 Å². The number of likely N-dealkylation sites (N-methyl/N-ethyl adjacent to an activating group) is 1. The second-order valence-corrected chi connectivity index (χ2v) is 4.03. The van der Waals surface area contributed by atoms with Crippen LogP contribution in [0.5, 0.6) is 0 Å². The molecule has 0 unspecified atom stereocenters. The van der Waals surface area contributed by atoms with Gasteiger partial charge in [0.2, 0.25) is 0 Å². The molecule has 2 rings (SSSR count). The highest BCUT2D eigenvalue weighted by molar-refractivity contribution is 6.32. The van der Waals surface area contributed by atoms with Crippen molar-refractivity contribution >= 4 is 17.3 Å². The van der Waals surface area contributed by atoms with Gasteiger partial charge in [0.05, 0.1) is 10.7 Å². The molecule has 1 aliphatic rings. The predicted octanol–water partition coefficient (Wildman–Crippen LogP) is 4.00. The molecule has 1 aliphatic heterocycles. The Labute approximate surface area is 101 Å². The van der Waals surface area contributed by atoms with Crippen LogP contribution in [0.4, 0.5) is 0 Å². The number of hydrogen-bond acceptors (Lipinski definition) is 1. The minimum atomic E-state index is 0.710. The van der Waals surface area contributed by atoms with Crippen LogP contribution in [0.15, 0.2) is 59.8 Å². The van der Waals surface area contributed by atoms with Gasteiger partial charge in [-0.1, -0.05) is 48.5 Å². The van der Waals surface area contributed by atoms with Gasteiger partial charge in [-0.05, 0) is 24.6 Å². The summed E-state index contributed by atoms with van der Waals surface area (Å²) in [5, 5.41) is 0.710. The van der Waals surface area contributed by atoms with Gasteiger partial charge in [-0.15, -0.1) is 0 Å². The lowest BCUT2D eigenvalue weighted by atomic mass is 10.1. The van der Waals surface area contributed by atoms with Crippen LogP contribution in [-0.4, -0.2) is 11.4 Å². The molecule has 1 aromatic rings. The third kappa shape index (κ3) is 1.91. The van der Waals surface area contributed by atoms with Gasteiger partial charge in [-0.2, -0.15) is 0 Å². The van der Waals surface area contributed by atoms with Crippen molar-refractivity contribution in [2.45, 2.75) is 6.92 Å². The first-order chi connectivity index (χ1) is 7.74. The summed E-state index contributed by atoms with van der Waals surface area (Å²) in [6.45, 7) is 6.97. The molecular weight excluding hydrogens is 218 g/mol. The molecule has 0 aliphatic carbocycles. The molecule has 1 aromatic carbocycles. The largest absolute Gasteiger partial charge is 0.341 e. The topological polar surface area (TPSA) is 3.24 Å². The van der Waals surface area contributed by atoms with Crippen LogP contribution in [0.1, 0.15) is 12.5 Å². The molecule has 0 N–H and O–H groups in total. The Morgan fingerprint density at radius 1 is 1.19 bits per heavy atom. The van der Waals surface area contributed by atoms with Crippen molar-refractivity contribution in [2.24, 2.45) is 0 Å². The smallest absolute Gasteiger partial charge is 0.0637 e. The first kappa shape index (κ1) is 11.0. The Morgan fingerprint density at radius 3 is 2.50 bits per heavy atom. The minimum Gasteiger partial charge on any atom is -0.341 e. The number of hydrogen-bond donors (Lipinski definition) is 0. The van der Waals surface area contributed by atoms with Crippen LogP contribution in [0.3, 0.4) is 0 Å². The quantitative estimate of drug-likeness (QED) is 0.744. The molecule has 1 nitrogen and oxygen atoms in total. The van der Waals surface area contributed by atoms with Gasteiger partial charge in [0.1, 0.15) is 0 Å². The Hall–Kier alpha value is -1.47. The molecule has 1 heterocycles. The van der Waals surface area contributed by atoms with Gasteiger partial charge in [-0.25, -0.2) is 0 Å². The molecule has 16 heavy (non-hydrogen) atoms. The fourth-order valence-corrected chi connectivity index (χ4v) is 2.00. The van der Waals surface area contributed by atoms with E-state index in [0.29, 0.717) is 5.03 Å². The zero-order valence-corrected chi connectivity index (χ0v) is 10.0. The van der Waals surface area contributed by atoms with E-state index >= 15 is 0 Å². The number of benzene rings is 1. The lowest BCUT2D eigenvalue weighted by Crippen LogP contribution is -2.22. The van der Waals surface area contributed by atoms with E-state index in [0.717, 1.165) is 17.9 Å². The molecule has 2 heteroatoms. The van der Waals surface area contributed by atoms with E-state index in [4.69, 9.17) is 11.6 Å². The molecule has 0 bridgehead atoms. The lowest BCUT2D eigenvalue weighted by Gasteiger charge is -2.30. The lowest BCUT2D eigenvalue weighted by molar-refractivity contribution is 0.528. The Bertz CT molecular complexity index is 457. The Balaban J connectivity index is 2.44. The van der Waals surface area contributed by atoms with Gasteiger partial charge >= 0.3 is 0 Å². The number of halogens is 1. The second-order valence-electron chi connectivity index (χ2n) is 3.62. The van der Waals surface area contributed by atoms with Gasteiger partial charge in [-0.3, -0.25) is 0 Å². The average molecular weight is 232 g/mol. The molecule has 82 valence electrons. The van der Waals surface area contributed by atoms with E-state index in [-0.39, 0.29) is 0 Å². The van der Waals surface area contributed by atoms with Gasteiger partial charge < -0.3 is 4.90 Å². The van der Waals surface area contributed by atoms with E-state index < -0.39 is 0 Å². The van der Waals surface area contributed by atoms with Crippen molar-refractivity contribution in [3.63, 3.8) is 0 Å². The standard InChI is InChI=1S/C14H14ClN/c1-3-16-11(2)13(15)9-10-14(16)12-7-5-4-6-8-12/h4-10H,2-3H2,1H3. The monoisotopic (exact) mass is 231 g/mol. The van der Waals surface area contributed by atoms with Crippen LogP contribution >= 0.6 is 11.6 Å². The summed E-state index contributed by atoms with van der Waals surface area (Å²) < 4.78 is 0. The van der Waals surface area contributed by atoms with E-state index in [9.17, 15) is 0 Å². The molecule has 0 amide bonds. The van der Waals surface area contributed by atoms with Crippen molar-refractivity contribution in [3.8, 4) is 0 Å². The van der Waals surface area contributed by atoms with Crippen LogP contribution in [0, 0.1) is 0 Å². The van der Waals surface area contributed by atoms with Gasteiger partial charge in [0, 0.05) is 12.2 Å². The van der Waals surface area contributed by atoms with Crippen LogP contribution in [-0.2, 0) is 0 Å². The highest BCUT2D eigenvalue weighted by Crippen LogP contribution is 2.31. The summed E-state index contributed by atoms with van der Waals surface area (Å²) in [4.78, 5) is 2.12. The number of allylic oxidation sites excluding steroid dienone is 3. The maximum Gasteiger partial charge on any atom is 0.0637 e. The first-order valence-electron chi connectivity index (χ1n) is 5.33. The maximum atomic E-state index is 6.07. The molecule has 0 spiro atoms. The molecular formula is C14H14ClN. The third-order valence-corrected chi connectivity index (χ3v) is 3.01. The molecule has 0 atom stereocenters. The Kier molecular flexibility index (Phi) is 3.16. The fourth-order valence-electron chi connectivity index (χ4n) is 1.83. The van der Waals surface area contributed by atoms with Gasteiger partial charge in [0.15, 0.2) is 0 Å². The molecule has 0 saturated heterocycles. The molecule has 0 radical (unpaired) electrons. The molecule has 0 aromatic heterocycles. The molecule has 0 saturated carbocycles. The van der Waals surface area contributed by atoms with E-state index in [1.54, 1.807) is 0 Å². The third-order valence-electron chi connectivity index (χ3n) is 2.67. The van der Waals surface area contributed by atoms with Crippen LogP contribution in [0.25, 0.3) is 5.70 Å².